The number of carboxylic acids is 1. The number of aromatic nitrogens is 1. The van der Waals surface area contributed by atoms with Crippen molar-refractivity contribution in [3.05, 3.63) is 43.9 Å². The van der Waals surface area contributed by atoms with Gasteiger partial charge < -0.3 is 9.84 Å². The fraction of sp³-hybridized carbons (Fsp3) is 0.0909. The van der Waals surface area contributed by atoms with Crippen LogP contribution < -0.4 is 4.74 Å². The van der Waals surface area contributed by atoms with Gasteiger partial charge in [-0.3, -0.25) is 0 Å². The third-order valence-electron chi connectivity index (χ3n) is 2.01. The van der Waals surface area contributed by atoms with E-state index in [1.54, 1.807) is 18.3 Å². The third-order valence-corrected chi connectivity index (χ3v) is 3.43. The molecule has 0 saturated carbocycles. The Morgan fingerprint density at radius 1 is 1.53 bits per heavy atom. The van der Waals surface area contributed by atoms with Gasteiger partial charge in [0.15, 0.2) is 0 Å². The summed E-state index contributed by atoms with van der Waals surface area (Å²) in [5.41, 5.74) is 0.174. The fourth-order valence-corrected chi connectivity index (χ4v) is 2.28. The highest BCUT2D eigenvalue weighted by Crippen LogP contribution is 2.22. The molecule has 17 heavy (non-hydrogen) atoms. The van der Waals surface area contributed by atoms with Crippen molar-refractivity contribution in [3.8, 4) is 5.75 Å². The molecule has 0 saturated heterocycles. The molecule has 0 fully saturated rings. The minimum atomic E-state index is -0.988. The second kappa shape index (κ2) is 5.46. The number of nitrogens with zero attached hydrogens (tertiary/aromatic N) is 1. The number of ether oxygens (including phenoxy) is 1. The standard InChI is InChI=1S/C11H8INO3S/c12-7-1-2-9(8(5-7)11(14)15)16-6-10-13-3-4-17-10/h1-5H,6H2,(H,14,15). The molecule has 0 atom stereocenters. The summed E-state index contributed by atoms with van der Waals surface area (Å²) in [7, 11) is 0. The number of aromatic carboxylic acids is 1. The van der Waals surface area contributed by atoms with Crippen LogP contribution in [0.25, 0.3) is 0 Å². The maximum atomic E-state index is 11.0. The lowest BCUT2D eigenvalue weighted by molar-refractivity contribution is 0.0691. The lowest BCUT2D eigenvalue weighted by Crippen LogP contribution is -2.03. The van der Waals surface area contributed by atoms with Gasteiger partial charge in [0.25, 0.3) is 0 Å². The average molecular weight is 361 g/mol. The van der Waals surface area contributed by atoms with Crippen molar-refractivity contribution in [2.24, 2.45) is 0 Å². The number of carbonyl (C=O) groups is 1. The molecule has 1 N–H and O–H groups in total. The van der Waals surface area contributed by atoms with Crippen molar-refractivity contribution in [2.45, 2.75) is 6.61 Å². The van der Waals surface area contributed by atoms with Crippen LogP contribution in [0, 0.1) is 3.57 Å². The van der Waals surface area contributed by atoms with Gasteiger partial charge in [0.05, 0.1) is 0 Å². The van der Waals surface area contributed by atoms with E-state index in [-0.39, 0.29) is 5.56 Å². The van der Waals surface area contributed by atoms with Crippen molar-refractivity contribution in [1.29, 1.82) is 0 Å². The quantitative estimate of drug-likeness (QED) is 0.851. The summed E-state index contributed by atoms with van der Waals surface area (Å²) in [6.07, 6.45) is 1.69. The average Bonchev–Trinajstić information content (AvgIpc) is 2.80. The molecule has 88 valence electrons. The number of rotatable bonds is 4. The van der Waals surface area contributed by atoms with Crippen molar-refractivity contribution in [3.63, 3.8) is 0 Å². The third kappa shape index (κ3) is 3.16. The highest BCUT2D eigenvalue weighted by Gasteiger charge is 2.12. The Balaban J connectivity index is 2.17. The molecule has 0 radical (unpaired) electrons. The highest BCUT2D eigenvalue weighted by molar-refractivity contribution is 14.1. The normalized spacial score (nSPS) is 10.2. The van der Waals surface area contributed by atoms with Crippen LogP contribution in [0.4, 0.5) is 0 Å². The monoisotopic (exact) mass is 361 g/mol. The SMILES string of the molecule is O=C(O)c1cc(I)ccc1OCc1nccs1. The van der Waals surface area contributed by atoms with Crippen LogP contribution in [-0.4, -0.2) is 16.1 Å². The van der Waals surface area contributed by atoms with Crippen LogP contribution in [0.5, 0.6) is 5.75 Å². The molecule has 0 amide bonds. The minimum Gasteiger partial charge on any atom is -0.486 e. The van der Waals surface area contributed by atoms with Gasteiger partial charge in [0, 0.05) is 15.1 Å². The van der Waals surface area contributed by atoms with Crippen LogP contribution in [0.15, 0.2) is 29.8 Å². The summed E-state index contributed by atoms with van der Waals surface area (Å²) in [6, 6.07) is 5.06. The molecule has 1 aromatic heterocycles. The molecule has 0 unspecified atom stereocenters. The van der Waals surface area contributed by atoms with E-state index in [4.69, 9.17) is 9.84 Å². The van der Waals surface area contributed by atoms with Crippen LogP contribution >= 0.6 is 33.9 Å². The van der Waals surface area contributed by atoms with Crippen molar-refractivity contribution in [2.75, 3.05) is 0 Å². The van der Waals surface area contributed by atoms with Crippen molar-refractivity contribution in [1.82, 2.24) is 4.98 Å². The number of hydrogen-bond acceptors (Lipinski definition) is 4. The molecule has 4 nitrogen and oxygen atoms in total. The predicted octanol–water partition coefficient (Wildman–Crippen LogP) is 3.02. The molecule has 2 aromatic rings. The Kier molecular flexibility index (Phi) is 3.95. The predicted molar refractivity (Wildman–Crippen MR) is 72.6 cm³/mol. The first kappa shape index (κ1) is 12.3. The van der Waals surface area contributed by atoms with E-state index < -0.39 is 5.97 Å². The maximum absolute atomic E-state index is 11.0. The van der Waals surface area contributed by atoms with Gasteiger partial charge in [-0.15, -0.1) is 11.3 Å². The first-order chi connectivity index (χ1) is 8.16. The molecule has 1 aromatic carbocycles. The van der Waals surface area contributed by atoms with E-state index in [0.717, 1.165) is 8.58 Å². The van der Waals surface area contributed by atoms with E-state index in [0.29, 0.717) is 12.4 Å². The molecular formula is C11H8INO3S. The second-order valence-electron chi connectivity index (χ2n) is 3.16. The molecule has 0 bridgehead atoms. The zero-order valence-electron chi connectivity index (χ0n) is 8.59. The molecule has 1 heterocycles. The van der Waals surface area contributed by atoms with Gasteiger partial charge in [-0.1, -0.05) is 0 Å². The van der Waals surface area contributed by atoms with Crippen LogP contribution in [0.3, 0.4) is 0 Å². The highest BCUT2D eigenvalue weighted by atomic mass is 127. The number of hydrogen-bond donors (Lipinski definition) is 1. The van der Waals surface area contributed by atoms with Gasteiger partial charge in [0.1, 0.15) is 22.9 Å². The van der Waals surface area contributed by atoms with E-state index in [2.05, 4.69) is 27.6 Å². The fourth-order valence-electron chi connectivity index (χ4n) is 1.26. The smallest absolute Gasteiger partial charge is 0.339 e. The molecule has 2 rings (SSSR count). The van der Waals surface area contributed by atoms with E-state index in [1.165, 1.54) is 11.3 Å². The summed E-state index contributed by atoms with van der Waals surface area (Å²) < 4.78 is 6.32. The Morgan fingerprint density at radius 2 is 2.35 bits per heavy atom. The van der Waals surface area contributed by atoms with Crippen molar-refractivity contribution < 1.29 is 14.6 Å². The molecule has 0 aliphatic carbocycles. The van der Waals surface area contributed by atoms with Gasteiger partial charge in [-0.2, -0.15) is 0 Å². The second-order valence-corrected chi connectivity index (χ2v) is 5.38. The lowest BCUT2D eigenvalue weighted by atomic mass is 10.2. The molecule has 0 aliphatic heterocycles. The first-order valence-electron chi connectivity index (χ1n) is 4.71. The molecule has 0 spiro atoms. The molecule has 0 aliphatic rings. The number of thiazole rings is 1. The number of benzene rings is 1. The van der Waals surface area contributed by atoms with Crippen molar-refractivity contribution >= 4 is 39.9 Å². The summed E-state index contributed by atoms with van der Waals surface area (Å²) in [5, 5.41) is 11.7. The first-order valence-corrected chi connectivity index (χ1v) is 6.66. The minimum absolute atomic E-state index is 0.174. The maximum Gasteiger partial charge on any atom is 0.339 e. The van der Waals surface area contributed by atoms with Crippen LogP contribution in [0.1, 0.15) is 15.4 Å². The largest absolute Gasteiger partial charge is 0.486 e. The summed E-state index contributed by atoms with van der Waals surface area (Å²) in [5.74, 6) is -0.620. The van der Waals surface area contributed by atoms with Crippen LogP contribution in [0.2, 0.25) is 0 Å². The summed E-state index contributed by atoms with van der Waals surface area (Å²) in [6.45, 7) is 0.290. The zero-order chi connectivity index (χ0) is 12.3. The van der Waals surface area contributed by atoms with Crippen LogP contribution in [-0.2, 0) is 6.61 Å². The molecule has 6 heteroatoms. The van der Waals surface area contributed by atoms with E-state index in [9.17, 15) is 4.79 Å². The van der Waals surface area contributed by atoms with Gasteiger partial charge in [-0.25, -0.2) is 9.78 Å². The van der Waals surface area contributed by atoms with Gasteiger partial charge in [0.2, 0.25) is 0 Å². The Hall–Kier alpha value is -1.15. The lowest BCUT2D eigenvalue weighted by Gasteiger charge is -2.07. The molecular weight excluding hydrogens is 353 g/mol. The summed E-state index contributed by atoms with van der Waals surface area (Å²) in [4.78, 5) is 15.1. The zero-order valence-corrected chi connectivity index (χ0v) is 11.6. The van der Waals surface area contributed by atoms with Gasteiger partial charge >= 0.3 is 5.97 Å². The number of carboxylic acid groups (broad SMARTS) is 1. The van der Waals surface area contributed by atoms with Gasteiger partial charge in [-0.05, 0) is 40.8 Å². The Labute approximate surface area is 115 Å². The van der Waals surface area contributed by atoms with E-state index in [1.807, 2.05) is 11.4 Å². The van der Waals surface area contributed by atoms with E-state index >= 15 is 0 Å². The Bertz CT molecular complexity index is 528. The summed E-state index contributed by atoms with van der Waals surface area (Å²) >= 11 is 3.54. The number of halogens is 1. The topological polar surface area (TPSA) is 59.4 Å². The Morgan fingerprint density at radius 3 is 3.00 bits per heavy atom.